The van der Waals surface area contributed by atoms with E-state index in [2.05, 4.69) is 19.6 Å². The van der Waals surface area contributed by atoms with Crippen LogP contribution in [0.3, 0.4) is 0 Å². The van der Waals surface area contributed by atoms with E-state index in [1.165, 1.54) is 4.23 Å². The maximum atomic E-state index is 12.4. The minimum atomic E-state index is -1.97. The molecule has 0 amide bonds. The number of hydrogen-bond donors (Lipinski definition) is 0. The summed E-state index contributed by atoms with van der Waals surface area (Å²) in [5, 5.41) is 0. The summed E-state index contributed by atoms with van der Waals surface area (Å²) in [6, 6.07) is 0. The van der Waals surface area contributed by atoms with Crippen molar-refractivity contribution < 1.29 is 0 Å². The number of nitrogens with zero attached hydrogens (tertiary/aromatic N) is 2. The van der Waals surface area contributed by atoms with Crippen LogP contribution in [0.2, 0.25) is 39.3 Å². The zero-order chi connectivity index (χ0) is 13.6. The maximum Gasteiger partial charge on any atom is 0.314 e. The Morgan fingerprint density at radius 1 is 0.941 bits per heavy atom. The van der Waals surface area contributed by atoms with Crippen LogP contribution in [0.25, 0.3) is 0 Å². The van der Waals surface area contributed by atoms with Crippen LogP contribution in [0.4, 0.5) is 0 Å². The predicted octanol–water partition coefficient (Wildman–Crippen LogP) is 1.68. The second-order valence-electron chi connectivity index (χ2n) is 6.45. The Bertz CT molecular complexity index is 545. The molecular weight excluding hydrogens is 248 g/mol. The molecule has 0 aliphatic rings. The molecule has 1 rings (SSSR count). The number of aryl methyl sites for hydroxylation is 1. The molecule has 0 spiro atoms. The smallest absolute Gasteiger partial charge is 0.314 e. The molecule has 0 aliphatic carbocycles. The third-order valence-electron chi connectivity index (χ3n) is 2.65. The Balaban J connectivity index is 3.81. The second kappa shape index (κ2) is 4.10. The van der Waals surface area contributed by atoms with E-state index in [0.717, 1.165) is 0 Å². The van der Waals surface area contributed by atoms with E-state index in [-0.39, 0.29) is 11.2 Å². The van der Waals surface area contributed by atoms with Crippen molar-refractivity contribution in [3.05, 3.63) is 32.6 Å². The molecule has 4 nitrogen and oxygen atoms in total. The van der Waals surface area contributed by atoms with Crippen molar-refractivity contribution in [1.29, 1.82) is 0 Å². The van der Waals surface area contributed by atoms with Gasteiger partial charge in [-0.25, -0.2) is 4.79 Å². The topological polar surface area (TPSA) is 44.0 Å². The highest BCUT2D eigenvalue weighted by Gasteiger charge is 2.27. The van der Waals surface area contributed by atoms with E-state index in [0.29, 0.717) is 5.56 Å². The van der Waals surface area contributed by atoms with Crippen molar-refractivity contribution in [3.8, 4) is 0 Å². The van der Waals surface area contributed by atoms with Crippen molar-refractivity contribution >= 4 is 16.5 Å². The third-order valence-corrected chi connectivity index (χ3v) is 6.16. The van der Waals surface area contributed by atoms with Gasteiger partial charge in [-0.1, -0.05) is 39.3 Å². The minimum Gasteiger partial charge on any atom is -0.329 e. The van der Waals surface area contributed by atoms with Gasteiger partial charge in [0.2, 0.25) is 0 Å². The summed E-state index contributed by atoms with van der Waals surface area (Å²) in [5.74, 6) is 0. The predicted molar refractivity (Wildman–Crippen MR) is 77.2 cm³/mol. The Hall–Kier alpha value is -0.886. The molecule has 0 saturated carbocycles. The second-order valence-corrected chi connectivity index (χ2v) is 16.1. The standard InChI is InChI=1S/C11H22N2O2Si2/c1-9-8-12(16(2,3)4)11(15)13(10(9)14)17(5,6)7/h8H,1-7H3. The number of aromatic nitrogens is 2. The Labute approximate surface area is 104 Å². The average molecular weight is 270 g/mol. The molecule has 96 valence electrons. The lowest BCUT2D eigenvalue weighted by Gasteiger charge is -2.26. The highest BCUT2D eigenvalue weighted by Crippen LogP contribution is 2.05. The summed E-state index contributed by atoms with van der Waals surface area (Å²) >= 11 is 0. The normalized spacial score (nSPS) is 12.9. The van der Waals surface area contributed by atoms with Gasteiger partial charge in [-0.05, 0) is 6.92 Å². The summed E-state index contributed by atoms with van der Waals surface area (Å²) in [6.45, 7) is 14.2. The van der Waals surface area contributed by atoms with Crippen LogP contribution in [-0.2, 0) is 0 Å². The van der Waals surface area contributed by atoms with Crippen LogP contribution < -0.4 is 11.2 Å². The highest BCUT2D eigenvalue weighted by molar-refractivity contribution is 6.75. The number of rotatable bonds is 2. The Morgan fingerprint density at radius 3 is 1.76 bits per heavy atom. The zero-order valence-electron chi connectivity index (χ0n) is 11.8. The van der Waals surface area contributed by atoms with Gasteiger partial charge in [0, 0.05) is 11.8 Å². The molecule has 1 aromatic heterocycles. The fourth-order valence-electron chi connectivity index (χ4n) is 1.75. The van der Waals surface area contributed by atoms with Gasteiger partial charge in [0.15, 0.2) is 16.5 Å². The van der Waals surface area contributed by atoms with Gasteiger partial charge in [0.05, 0.1) is 0 Å². The summed E-state index contributed by atoms with van der Waals surface area (Å²) in [5.41, 5.74) is 0.414. The molecule has 17 heavy (non-hydrogen) atoms. The van der Waals surface area contributed by atoms with E-state index < -0.39 is 16.5 Å². The van der Waals surface area contributed by atoms with Crippen molar-refractivity contribution in [2.24, 2.45) is 0 Å². The van der Waals surface area contributed by atoms with Crippen molar-refractivity contribution in [2.75, 3.05) is 0 Å². The van der Waals surface area contributed by atoms with E-state index >= 15 is 0 Å². The van der Waals surface area contributed by atoms with Gasteiger partial charge in [-0.3, -0.25) is 9.03 Å². The molecule has 0 aromatic carbocycles. The molecule has 0 bridgehead atoms. The van der Waals surface area contributed by atoms with Crippen LogP contribution >= 0.6 is 0 Å². The van der Waals surface area contributed by atoms with Gasteiger partial charge >= 0.3 is 5.69 Å². The lowest BCUT2D eigenvalue weighted by molar-refractivity contribution is 0.844. The molecule has 6 heteroatoms. The highest BCUT2D eigenvalue weighted by atomic mass is 28.3. The van der Waals surface area contributed by atoms with Crippen LogP contribution in [0, 0.1) is 6.92 Å². The monoisotopic (exact) mass is 270 g/mol. The van der Waals surface area contributed by atoms with Crippen molar-refractivity contribution in [3.63, 3.8) is 0 Å². The van der Waals surface area contributed by atoms with Gasteiger partial charge in [0.1, 0.15) is 0 Å². The Morgan fingerprint density at radius 2 is 1.41 bits per heavy atom. The molecule has 0 fully saturated rings. The van der Waals surface area contributed by atoms with Gasteiger partial charge in [-0.15, -0.1) is 0 Å². The van der Waals surface area contributed by atoms with E-state index in [1.54, 1.807) is 17.4 Å². The van der Waals surface area contributed by atoms with Crippen molar-refractivity contribution in [2.45, 2.75) is 46.2 Å². The first-order valence-corrected chi connectivity index (χ1v) is 12.7. The fraction of sp³-hybridized carbons (Fsp3) is 0.636. The quantitative estimate of drug-likeness (QED) is 0.768. The summed E-state index contributed by atoms with van der Waals surface area (Å²) in [7, 11) is -3.75. The lowest BCUT2D eigenvalue weighted by atomic mass is 10.4. The largest absolute Gasteiger partial charge is 0.329 e. The summed E-state index contributed by atoms with van der Waals surface area (Å²) < 4.78 is 3.29. The first-order chi connectivity index (χ1) is 7.46. The molecule has 0 N–H and O–H groups in total. The molecule has 0 radical (unpaired) electrons. The maximum absolute atomic E-state index is 12.4. The van der Waals surface area contributed by atoms with E-state index in [9.17, 15) is 9.59 Å². The van der Waals surface area contributed by atoms with Gasteiger partial charge in [0.25, 0.3) is 5.56 Å². The van der Waals surface area contributed by atoms with Crippen LogP contribution in [-0.4, -0.2) is 24.9 Å². The van der Waals surface area contributed by atoms with E-state index in [4.69, 9.17) is 0 Å². The first kappa shape index (κ1) is 14.2. The van der Waals surface area contributed by atoms with Gasteiger partial charge < -0.3 is 4.23 Å². The molecule has 1 aromatic rings. The molecule has 0 unspecified atom stereocenters. The minimum absolute atomic E-state index is 0.122. The average Bonchev–Trinajstić information content (AvgIpc) is 2.07. The first-order valence-electron chi connectivity index (χ1n) is 5.82. The van der Waals surface area contributed by atoms with Crippen LogP contribution in [0.15, 0.2) is 15.8 Å². The van der Waals surface area contributed by atoms with E-state index in [1.807, 2.05) is 19.6 Å². The third kappa shape index (κ3) is 2.68. The lowest BCUT2D eigenvalue weighted by Crippen LogP contribution is -2.56. The molecule has 0 aliphatic heterocycles. The van der Waals surface area contributed by atoms with Crippen LogP contribution in [0.1, 0.15) is 5.56 Å². The fourth-order valence-corrected chi connectivity index (χ4v) is 4.57. The Kier molecular flexibility index (Phi) is 3.41. The molecular formula is C11H22N2O2Si2. The summed E-state index contributed by atoms with van der Waals surface area (Å²) in [4.78, 5) is 24.5. The molecule has 0 saturated heterocycles. The zero-order valence-corrected chi connectivity index (χ0v) is 13.8. The number of hydrogen-bond acceptors (Lipinski definition) is 2. The van der Waals surface area contributed by atoms with Crippen molar-refractivity contribution in [1.82, 2.24) is 8.47 Å². The molecule has 1 heterocycles. The SMILES string of the molecule is Cc1cn([Si](C)(C)C)c(=O)n([Si](C)(C)C)c1=O. The van der Waals surface area contributed by atoms with Crippen LogP contribution in [0.5, 0.6) is 0 Å². The van der Waals surface area contributed by atoms with Gasteiger partial charge in [-0.2, -0.15) is 0 Å². The summed E-state index contributed by atoms with van der Waals surface area (Å²) in [6.07, 6.45) is 1.73. The molecule has 0 atom stereocenters.